The number of carbonyl (C=O) groups excluding carboxylic acids is 1. The molecule has 2 atom stereocenters. The molecule has 2 heterocycles. The number of amides is 1. The number of benzene rings is 1. The summed E-state index contributed by atoms with van der Waals surface area (Å²) >= 11 is 9.08. The zero-order valence-electron chi connectivity index (χ0n) is 13.6. The summed E-state index contributed by atoms with van der Waals surface area (Å²) in [5.41, 5.74) is 1.11. The molecule has 0 saturated carbocycles. The molecule has 1 saturated heterocycles. The molecule has 3 rings (SSSR count). The number of nitrogens with zero attached hydrogens (tertiary/aromatic N) is 3. The molecular formula is C17H16ClF2N3OS2. The van der Waals surface area contributed by atoms with Gasteiger partial charge in [-0.15, -0.1) is 11.8 Å². The van der Waals surface area contributed by atoms with Crippen LogP contribution in [0.4, 0.5) is 8.78 Å². The second-order valence-corrected chi connectivity index (χ2v) is 8.86. The number of likely N-dealkylation sites (tertiary alicyclic amines) is 1. The van der Waals surface area contributed by atoms with Crippen molar-refractivity contribution in [3.8, 4) is 6.07 Å². The Morgan fingerprint density at radius 2 is 2.15 bits per heavy atom. The summed E-state index contributed by atoms with van der Waals surface area (Å²) in [4.78, 5) is 15.3. The van der Waals surface area contributed by atoms with Gasteiger partial charge in [-0.05, 0) is 23.1 Å². The molecule has 0 spiro atoms. The Labute approximate surface area is 164 Å². The molecule has 26 heavy (non-hydrogen) atoms. The molecule has 4 nitrogen and oxygen atoms in total. The predicted molar refractivity (Wildman–Crippen MR) is 101 cm³/mol. The lowest BCUT2D eigenvalue weighted by atomic mass is 10.2. The number of thioether (sulfide) groups is 2. The minimum absolute atomic E-state index is 0.0155. The van der Waals surface area contributed by atoms with Gasteiger partial charge in [0.2, 0.25) is 5.91 Å². The second kappa shape index (κ2) is 8.07. The highest BCUT2D eigenvalue weighted by Gasteiger charge is 2.47. The van der Waals surface area contributed by atoms with Crippen molar-refractivity contribution in [3.05, 3.63) is 46.5 Å². The molecule has 1 unspecified atom stereocenters. The predicted octanol–water partition coefficient (Wildman–Crippen LogP) is 4.14. The summed E-state index contributed by atoms with van der Waals surface area (Å²) < 4.78 is 27.0. The smallest absolute Gasteiger partial charge is 0.268 e. The van der Waals surface area contributed by atoms with E-state index >= 15 is 0 Å². The Morgan fingerprint density at radius 3 is 2.85 bits per heavy atom. The molecule has 0 aromatic heterocycles. The van der Waals surface area contributed by atoms with Crippen LogP contribution in [0.2, 0.25) is 5.02 Å². The molecule has 0 radical (unpaired) electrons. The maximum Gasteiger partial charge on any atom is 0.268 e. The van der Waals surface area contributed by atoms with Crippen LogP contribution >= 0.6 is 35.1 Å². The van der Waals surface area contributed by atoms with Gasteiger partial charge in [-0.2, -0.15) is 5.26 Å². The quantitative estimate of drug-likeness (QED) is 0.723. The van der Waals surface area contributed by atoms with Gasteiger partial charge in [-0.1, -0.05) is 35.5 Å². The van der Waals surface area contributed by atoms with E-state index in [4.69, 9.17) is 16.9 Å². The third-order valence-electron chi connectivity index (χ3n) is 4.08. The van der Waals surface area contributed by atoms with Crippen molar-refractivity contribution < 1.29 is 13.6 Å². The molecule has 138 valence electrons. The van der Waals surface area contributed by atoms with Crippen LogP contribution < -0.4 is 0 Å². The molecular weight excluding hydrogens is 400 g/mol. The molecule has 1 fully saturated rings. The van der Waals surface area contributed by atoms with Crippen LogP contribution in [-0.4, -0.2) is 45.5 Å². The number of carbonyl (C=O) groups is 1. The molecule has 0 N–H and O–H groups in total. The summed E-state index contributed by atoms with van der Waals surface area (Å²) in [5.74, 6) is -2.70. The highest BCUT2D eigenvalue weighted by atomic mass is 35.5. The highest BCUT2D eigenvalue weighted by Crippen LogP contribution is 2.37. The van der Waals surface area contributed by atoms with Crippen LogP contribution in [0.5, 0.6) is 0 Å². The van der Waals surface area contributed by atoms with Gasteiger partial charge in [0, 0.05) is 23.4 Å². The van der Waals surface area contributed by atoms with E-state index in [1.165, 1.54) is 0 Å². The third-order valence-corrected chi connectivity index (χ3v) is 6.91. The first-order valence-electron chi connectivity index (χ1n) is 7.89. The Kier molecular flexibility index (Phi) is 6.00. The van der Waals surface area contributed by atoms with Crippen LogP contribution in [0.1, 0.15) is 12.0 Å². The molecule has 1 amide bonds. The first-order chi connectivity index (χ1) is 12.4. The lowest BCUT2D eigenvalue weighted by molar-refractivity contribution is -0.133. The largest absolute Gasteiger partial charge is 0.347 e. The van der Waals surface area contributed by atoms with Gasteiger partial charge in [0.1, 0.15) is 10.7 Å². The molecule has 2 aliphatic rings. The van der Waals surface area contributed by atoms with Gasteiger partial charge in [-0.3, -0.25) is 4.79 Å². The number of halogens is 3. The Bertz CT molecular complexity index is 739. The van der Waals surface area contributed by atoms with Crippen LogP contribution in [0.25, 0.3) is 0 Å². The lowest BCUT2D eigenvalue weighted by Crippen LogP contribution is -2.42. The van der Waals surface area contributed by atoms with E-state index in [9.17, 15) is 13.6 Å². The molecule has 0 aliphatic carbocycles. The third kappa shape index (κ3) is 4.64. The average Bonchev–Trinajstić information content (AvgIpc) is 3.17. The van der Waals surface area contributed by atoms with E-state index in [-0.39, 0.29) is 11.3 Å². The maximum atomic E-state index is 13.5. The molecule has 2 aliphatic heterocycles. The molecule has 9 heteroatoms. The lowest BCUT2D eigenvalue weighted by Gasteiger charge is -2.27. The van der Waals surface area contributed by atoms with Crippen molar-refractivity contribution in [2.45, 2.75) is 28.8 Å². The van der Waals surface area contributed by atoms with E-state index in [0.717, 1.165) is 16.2 Å². The van der Waals surface area contributed by atoms with Crippen molar-refractivity contribution in [1.29, 1.82) is 5.26 Å². The summed E-state index contributed by atoms with van der Waals surface area (Å²) in [6, 6.07) is 8.29. The Hall–Kier alpha value is -1.43. The first kappa shape index (κ1) is 19.3. The van der Waals surface area contributed by atoms with Crippen molar-refractivity contribution in [3.63, 3.8) is 0 Å². The minimum Gasteiger partial charge on any atom is -0.347 e. The molecule has 0 bridgehead atoms. The number of alkyl halides is 2. The zero-order valence-corrected chi connectivity index (χ0v) is 16.0. The normalized spacial score (nSPS) is 24.1. The fourth-order valence-electron chi connectivity index (χ4n) is 2.78. The Morgan fingerprint density at radius 1 is 1.42 bits per heavy atom. The minimum atomic E-state index is -2.99. The summed E-state index contributed by atoms with van der Waals surface area (Å²) in [7, 11) is 0. The van der Waals surface area contributed by atoms with Crippen molar-refractivity contribution in [2.24, 2.45) is 0 Å². The SMILES string of the molecule is N#CC1CC(F)(F)CN1C(=O)CN1C=CS[C@@H]1SCc1ccc(Cl)cc1. The molecule has 1 aromatic rings. The number of hydrogen-bond acceptors (Lipinski definition) is 5. The Balaban J connectivity index is 1.56. The van der Waals surface area contributed by atoms with Crippen molar-refractivity contribution in [2.75, 3.05) is 13.1 Å². The number of nitriles is 1. The van der Waals surface area contributed by atoms with Crippen LogP contribution in [0.15, 0.2) is 35.9 Å². The van der Waals surface area contributed by atoms with Gasteiger partial charge in [0.05, 0.1) is 19.2 Å². The van der Waals surface area contributed by atoms with E-state index in [0.29, 0.717) is 5.02 Å². The van der Waals surface area contributed by atoms with Gasteiger partial charge in [0.15, 0.2) is 0 Å². The topological polar surface area (TPSA) is 47.3 Å². The van der Waals surface area contributed by atoms with E-state index in [1.54, 1.807) is 35.8 Å². The monoisotopic (exact) mass is 415 g/mol. The highest BCUT2D eigenvalue weighted by molar-refractivity contribution is 8.18. The van der Waals surface area contributed by atoms with E-state index in [2.05, 4.69) is 0 Å². The van der Waals surface area contributed by atoms with Crippen LogP contribution in [-0.2, 0) is 10.5 Å². The number of rotatable bonds is 5. The van der Waals surface area contributed by atoms with Gasteiger partial charge >= 0.3 is 0 Å². The van der Waals surface area contributed by atoms with Crippen molar-refractivity contribution >= 4 is 41.0 Å². The fourth-order valence-corrected chi connectivity index (χ4v) is 5.14. The average molecular weight is 416 g/mol. The summed E-state index contributed by atoms with van der Waals surface area (Å²) in [6.07, 6.45) is 1.20. The van der Waals surface area contributed by atoms with E-state index in [1.807, 2.05) is 34.6 Å². The van der Waals surface area contributed by atoms with Gasteiger partial charge in [-0.25, -0.2) is 8.78 Å². The molecule has 1 aromatic carbocycles. The van der Waals surface area contributed by atoms with Crippen LogP contribution in [0.3, 0.4) is 0 Å². The second-order valence-electron chi connectivity index (χ2n) is 6.06. The zero-order chi connectivity index (χ0) is 18.7. The fraction of sp³-hybridized carbons (Fsp3) is 0.412. The summed E-state index contributed by atoms with van der Waals surface area (Å²) in [5, 5.41) is 11.6. The number of hydrogen-bond donors (Lipinski definition) is 0. The van der Waals surface area contributed by atoms with Gasteiger partial charge < -0.3 is 9.80 Å². The summed E-state index contributed by atoms with van der Waals surface area (Å²) in [6.45, 7) is -0.701. The maximum absolute atomic E-state index is 13.5. The first-order valence-corrected chi connectivity index (χ1v) is 10.3. The standard InChI is InChI=1S/C17H16ClF2N3OS2/c18-13-3-1-12(2-4-13)10-26-16-22(5-6-25-16)9-15(24)23-11-17(19,20)7-14(23)8-21/h1-6,14,16H,7,9-11H2/t14?,16-/m1/s1. The van der Waals surface area contributed by atoms with Crippen LogP contribution in [0, 0.1) is 11.3 Å². The van der Waals surface area contributed by atoms with E-state index < -0.39 is 30.8 Å². The van der Waals surface area contributed by atoms with Gasteiger partial charge in [0.25, 0.3) is 5.92 Å². The van der Waals surface area contributed by atoms with Crippen molar-refractivity contribution in [1.82, 2.24) is 9.80 Å².